The van der Waals surface area contributed by atoms with Crippen LogP contribution in [-0.2, 0) is 4.74 Å². The minimum atomic E-state index is -0.796. The van der Waals surface area contributed by atoms with E-state index >= 15 is 0 Å². The molecule has 0 spiro atoms. The Morgan fingerprint density at radius 3 is 2.50 bits per heavy atom. The van der Waals surface area contributed by atoms with E-state index in [-0.39, 0.29) is 12.4 Å². The van der Waals surface area contributed by atoms with Gasteiger partial charge in [-0.15, -0.1) is 0 Å². The summed E-state index contributed by atoms with van der Waals surface area (Å²) < 4.78 is 4.76. The molecule has 1 aliphatic rings. The van der Waals surface area contributed by atoms with Gasteiger partial charge < -0.3 is 14.9 Å². The highest BCUT2D eigenvalue weighted by atomic mass is 16.5. The average Bonchev–Trinajstić information content (AvgIpc) is 1.98. The predicted octanol–water partition coefficient (Wildman–Crippen LogP) is 0.167. The van der Waals surface area contributed by atoms with Crippen LogP contribution in [0, 0.1) is 0 Å². The summed E-state index contributed by atoms with van der Waals surface area (Å²) in [7, 11) is 0. The maximum Gasteiger partial charge on any atom is 0.162 e. The fraction of sp³-hybridized carbons (Fsp3) is 0.600. The first-order valence-electron chi connectivity index (χ1n) is 2.42. The molecule has 1 aliphatic heterocycles. The maximum atomic E-state index is 8.77. The van der Waals surface area contributed by atoms with Gasteiger partial charge in [0.1, 0.15) is 18.5 Å². The molecule has 3 heteroatoms. The minimum absolute atomic E-state index is 0.0370. The molecule has 1 heterocycles. The van der Waals surface area contributed by atoms with E-state index in [1.807, 2.05) is 0 Å². The van der Waals surface area contributed by atoms with Crippen molar-refractivity contribution < 1.29 is 14.9 Å². The van der Waals surface area contributed by atoms with Crippen LogP contribution in [-0.4, -0.2) is 22.9 Å². The Morgan fingerprint density at radius 1 is 1.75 bits per heavy atom. The maximum absolute atomic E-state index is 8.77. The standard InChI is InChI=1S/C5H8O3/c1-3-5(7)4(6)2-8-3/h4,6-7H,2H2,1H3/t4-/m1/s1. The molecule has 3 nitrogen and oxygen atoms in total. The van der Waals surface area contributed by atoms with Gasteiger partial charge in [-0.25, -0.2) is 0 Å². The Hall–Kier alpha value is -0.700. The summed E-state index contributed by atoms with van der Waals surface area (Å²) in [6, 6.07) is 0. The Bertz CT molecular complexity index is 128. The summed E-state index contributed by atoms with van der Waals surface area (Å²) >= 11 is 0. The quantitative estimate of drug-likeness (QED) is 0.474. The lowest BCUT2D eigenvalue weighted by Crippen LogP contribution is -2.08. The van der Waals surface area contributed by atoms with E-state index in [0.717, 1.165) is 0 Å². The van der Waals surface area contributed by atoms with E-state index < -0.39 is 6.10 Å². The number of aliphatic hydroxyl groups excluding tert-OH is 2. The van der Waals surface area contributed by atoms with E-state index in [2.05, 4.69) is 0 Å². The summed E-state index contributed by atoms with van der Waals surface area (Å²) in [5, 5.41) is 17.5. The van der Waals surface area contributed by atoms with Crippen molar-refractivity contribution in [2.45, 2.75) is 13.0 Å². The molecule has 46 valence electrons. The zero-order valence-electron chi connectivity index (χ0n) is 4.59. The normalized spacial score (nSPS) is 28.5. The molecule has 0 aromatic carbocycles. The van der Waals surface area contributed by atoms with Crippen molar-refractivity contribution in [1.29, 1.82) is 0 Å². The van der Waals surface area contributed by atoms with Gasteiger partial charge in [-0.1, -0.05) is 0 Å². The average molecular weight is 116 g/mol. The molecule has 0 amide bonds. The van der Waals surface area contributed by atoms with E-state index in [4.69, 9.17) is 14.9 Å². The topological polar surface area (TPSA) is 49.7 Å². The summed E-state index contributed by atoms with van der Waals surface area (Å²) in [5.74, 6) is 0.391. The molecule has 0 unspecified atom stereocenters. The molecule has 0 saturated carbocycles. The summed E-state index contributed by atoms with van der Waals surface area (Å²) in [6.07, 6.45) is -0.796. The number of ether oxygens (including phenoxy) is 1. The highest BCUT2D eigenvalue weighted by molar-refractivity contribution is 5.07. The Morgan fingerprint density at radius 2 is 2.38 bits per heavy atom. The molecular weight excluding hydrogens is 108 g/mol. The van der Waals surface area contributed by atoms with Crippen molar-refractivity contribution in [3.63, 3.8) is 0 Å². The van der Waals surface area contributed by atoms with Gasteiger partial charge in [0.15, 0.2) is 5.76 Å². The van der Waals surface area contributed by atoms with Crippen LogP contribution in [0.25, 0.3) is 0 Å². The molecule has 2 N–H and O–H groups in total. The lowest BCUT2D eigenvalue weighted by atomic mass is 10.3. The third-order valence-electron chi connectivity index (χ3n) is 1.13. The number of rotatable bonds is 0. The Labute approximate surface area is 47.2 Å². The fourth-order valence-electron chi connectivity index (χ4n) is 0.591. The Kier molecular flexibility index (Phi) is 1.13. The van der Waals surface area contributed by atoms with E-state index in [0.29, 0.717) is 5.76 Å². The zero-order valence-corrected chi connectivity index (χ0v) is 4.59. The lowest BCUT2D eigenvalue weighted by molar-refractivity contribution is 0.116. The van der Waals surface area contributed by atoms with Crippen LogP contribution in [0.15, 0.2) is 11.5 Å². The van der Waals surface area contributed by atoms with E-state index in [1.165, 1.54) is 0 Å². The second-order valence-electron chi connectivity index (χ2n) is 1.77. The van der Waals surface area contributed by atoms with Crippen LogP contribution in [0.2, 0.25) is 0 Å². The van der Waals surface area contributed by atoms with Gasteiger partial charge in [-0.3, -0.25) is 0 Å². The Balaban J connectivity index is 2.71. The molecule has 0 saturated heterocycles. The SMILES string of the molecule is CC1=C(O)[C@H](O)CO1. The molecule has 0 fully saturated rings. The first-order chi connectivity index (χ1) is 3.72. The third-order valence-corrected chi connectivity index (χ3v) is 1.13. The third kappa shape index (κ3) is 0.648. The van der Waals surface area contributed by atoms with Crippen molar-refractivity contribution in [2.75, 3.05) is 6.61 Å². The molecule has 1 rings (SSSR count). The molecule has 0 bridgehead atoms. The number of aliphatic hydroxyl groups is 2. The smallest absolute Gasteiger partial charge is 0.162 e. The van der Waals surface area contributed by atoms with Crippen molar-refractivity contribution in [2.24, 2.45) is 0 Å². The van der Waals surface area contributed by atoms with Crippen LogP contribution in [0.5, 0.6) is 0 Å². The van der Waals surface area contributed by atoms with Gasteiger partial charge >= 0.3 is 0 Å². The molecule has 1 atom stereocenters. The molecule has 0 aliphatic carbocycles. The van der Waals surface area contributed by atoms with Crippen LogP contribution in [0.3, 0.4) is 0 Å². The molecule has 0 radical (unpaired) electrons. The van der Waals surface area contributed by atoms with Gasteiger partial charge in [0.2, 0.25) is 0 Å². The summed E-state index contributed by atoms with van der Waals surface area (Å²) in [6.45, 7) is 1.81. The number of allylic oxidation sites excluding steroid dienone is 1. The summed E-state index contributed by atoms with van der Waals surface area (Å²) in [5.41, 5.74) is 0. The highest BCUT2D eigenvalue weighted by Gasteiger charge is 2.20. The molecule has 8 heavy (non-hydrogen) atoms. The second-order valence-corrected chi connectivity index (χ2v) is 1.77. The fourth-order valence-corrected chi connectivity index (χ4v) is 0.591. The van der Waals surface area contributed by atoms with Crippen LogP contribution in [0.4, 0.5) is 0 Å². The van der Waals surface area contributed by atoms with Crippen LogP contribution >= 0.6 is 0 Å². The van der Waals surface area contributed by atoms with Crippen LogP contribution < -0.4 is 0 Å². The van der Waals surface area contributed by atoms with Crippen molar-refractivity contribution in [3.05, 3.63) is 11.5 Å². The minimum Gasteiger partial charge on any atom is -0.506 e. The van der Waals surface area contributed by atoms with Crippen molar-refractivity contribution in [1.82, 2.24) is 0 Å². The van der Waals surface area contributed by atoms with Gasteiger partial charge in [0.25, 0.3) is 0 Å². The lowest BCUT2D eigenvalue weighted by Gasteiger charge is -1.94. The van der Waals surface area contributed by atoms with Crippen LogP contribution in [0.1, 0.15) is 6.92 Å². The number of hydrogen-bond donors (Lipinski definition) is 2. The number of hydrogen-bond acceptors (Lipinski definition) is 3. The van der Waals surface area contributed by atoms with Crippen molar-refractivity contribution >= 4 is 0 Å². The predicted molar refractivity (Wildman–Crippen MR) is 27.3 cm³/mol. The van der Waals surface area contributed by atoms with Gasteiger partial charge in [-0.2, -0.15) is 0 Å². The van der Waals surface area contributed by atoms with E-state index in [9.17, 15) is 0 Å². The second kappa shape index (κ2) is 1.67. The van der Waals surface area contributed by atoms with Gasteiger partial charge in [0, 0.05) is 0 Å². The van der Waals surface area contributed by atoms with E-state index in [1.54, 1.807) is 6.92 Å². The first kappa shape index (κ1) is 5.44. The highest BCUT2D eigenvalue weighted by Crippen LogP contribution is 2.15. The molecular formula is C5H8O3. The molecule has 0 aromatic rings. The van der Waals surface area contributed by atoms with Gasteiger partial charge in [0.05, 0.1) is 0 Å². The first-order valence-corrected chi connectivity index (χ1v) is 2.42. The zero-order chi connectivity index (χ0) is 6.15. The summed E-state index contributed by atoms with van der Waals surface area (Å²) in [4.78, 5) is 0. The molecule has 0 aromatic heterocycles. The van der Waals surface area contributed by atoms with Gasteiger partial charge in [-0.05, 0) is 6.92 Å². The monoisotopic (exact) mass is 116 g/mol. The van der Waals surface area contributed by atoms with Crippen molar-refractivity contribution in [3.8, 4) is 0 Å². The largest absolute Gasteiger partial charge is 0.506 e.